The molecule has 0 aliphatic rings. The monoisotopic (exact) mass is 525 g/mol. The highest BCUT2D eigenvalue weighted by Crippen LogP contribution is 2.33. The van der Waals surface area contributed by atoms with Gasteiger partial charge in [-0.1, -0.05) is 27.7 Å². The van der Waals surface area contributed by atoms with Crippen molar-refractivity contribution in [3.8, 4) is 6.07 Å². The van der Waals surface area contributed by atoms with E-state index in [1.807, 2.05) is 24.6 Å². The molecule has 0 saturated heterocycles. The minimum Gasteiger partial charge on any atom is -0.392 e. The Morgan fingerprint density at radius 3 is 2.20 bits per heavy atom. The number of hydrogen-bond acceptors (Lipinski definition) is 7. The van der Waals surface area contributed by atoms with Gasteiger partial charge < -0.3 is 5.11 Å². The van der Waals surface area contributed by atoms with E-state index in [-0.39, 0.29) is 33.4 Å². The zero-order valence-electron chi connectivity index (χ0n) is 20.0. The fourth-order valence-corrected chi connectivity index (χ4v) is 5.74. The first-order valence-corrected chi connectivity index (χ1v) is 13.6. The van der Waals surface area contributed by atoms with E-state index < -0.39 is 49.7 Å². The van der Waals surface area contributed by atoms with Gasteiger partial charge in [0.2, 0.25) is 15.9 Å². The number of nitrogens with one attached hydrogen (secondary N) is 2. The van der Waals surface area contributed by atoms with Crippen LogP contribution >= 0.6 is 0 Å². The lowest BCUT2D eigenvalue weighted by molar-refractivity contribution is -0.118. The molecule has 3 N–H and O–H groups in total. The molecule has 0 bridgehead atoms. The summed E-state index contributed by atoms with van der Waals surface area (Å²) >= 11 is 0. The molecule has 0 saturated carbocycles. The number of benzene rings is 2. The van der Waals surface area contributed by atoms with Crippen LogP contribution in [0.25, 0.3) is 0 Å². The molecule has 190 valence electrons. The third-order valence-corrected chi connectivity index (χ3v) is 8.31. The Morgan fingerprint density at radius 1 is 1.09 bits per heavy atom. The summed E-state index contributed by atoms with van der Waals surface area (Å²) in [5, 5.41) is 18.9. The Bertz CT molecular complexity index is 1400. The number of nitrogens with zero attached hydrogens (tertiary/aromatic N) is 1. The smallest absolute Gasteiger partial charge is 0.264 e. The molecule has 2 rings (SSSR count). The summed E-state index contributed by atoms with van der Waals surface area (Å²) in [7, 11) is -7.21. The number of hydrogen-bond donors (Lipinski definition) is 3. The van der Waals surface area contributed by atoms with Crippen LogP contribution in [-0.2, 0) is 37.9 Å². The van der Waals surface area contributed by atoms with Gasteiger partial charge in [-0.25, -0.2) is 30.7 Å². The van der Waals surface area contributed by atoms with Crippen molar-refractivity contribution in [2.45, 2.75) is 62.3 Å². The van der Waals surface area contributed by atoms with E-state index in [2.05, 4.69) is 4.72 Å². The average molecular weight is 526 g/mol. The van der Waals surface area contributed by atoms with Crippen LogP contribution in [0.4, 0.5) is 4.39 Å². The summed E-state index contributed by atoms with van der Waals surface area (Å²) < 4.78 is 68.8. The van der Waals surface area contributed by atoms with Crippen molar-refractivity contribution in [2.75, 3.05) is 7.05 Å². The fourth-order valence-electron chi connectivity index (χ4n) is 3.76. The summed E-state index contributed by atoms with van der Waals surface area (Å²) in [5.41, 5.74) is 0.641. The van der Waals surface area contributed by atoms with Gasteiger partial charge in [0.15, 0.2) is 0 Å². The van der Waals surface area contributed by atoms with Gasteiger partial charge in [-0.05, 0) is 65.4 Å². The third kappa shape index (κ3) is 6.05. The molecule has 0 atom stereocenters. The van der Waals surface area contributed by atoms with Crippen molar-refractivity contribution in [1.82, 2.24) is 9.44 Å². The number of amides is 1. The lowest BCUT2D eigenvalue weighted by Gasteiger charge is -2.21. The minimum absolute atomic E-state index is 0.154. The molecule has 0 unspecified atom stereocenters. The lowest BCUT2D eigenvalue weighted by Crippen LogP contribution is -2.33. The summed E-state index contributed by atoms with van der Waals surface area (Å²) in [6, 6.07) is 6.19. The van der Waals surface area contributed by atoms with Crippen LogP contribution < -0.4 is 9.44 Å². The summed E-state index contributed by atoms with van der Waals surface area (Å²) in [6.07, 6.45) is -0.469. The van der Waals surface area contributed by atoms with Crippen molar-refractivity contribution < 1.29 is 31.1 Å². The average Bonchev–Trinajstić information content (AvgIpc) is 2.77. The van der Waals surface area contributed by atoms with E-state index in [1.54, 1.807) is 13.8 Å². The van der Waals surface area contributed by atoms with Gasteiger partial charge >= 0.3 is 0 Å². The predicted molar refractivity (Wildman–Crippen MR) is 127 cm³/mol. The van der Waals surface area contributed by atoms with E-state index in [4.69, 9.17) is 0 Å². The van der Waals surface area contributed by atoms with Crippen LogP contribution in [-0.4, -0.2) is 34.9 Å². The second-order valence-electron chi connectivity index (χ2n) is 8.48. The molecular formula is C23H28FN3O6S2. The molecule has 2 aromatic rings. The topological polar surface area (TPSA) is 153 Å². The second kappa shape index (κ2) is 10.8. The van der Waals surface area contributed by atoms with Crippen LogP contribution in [0.3, 0.4) is 0 Å². The van der Waals surface area contributed by atoms with E-state index in [1.165, 1.54) is 13.1 Å². The number of nitriles is 1. The Hall–Kier alpha value is -2.85. The van der Waals surface area contributed by atoms with Gasteiger partial charge in [0.05, 0.1) is 28.4 Å². The standard InChI is InChI=1S/C23H28FN3O6S2/c1-13(2)18-9-15(11-25)23(24)22(14(3)4)19(18)10-21(29)27-35(32,33)20-7-6-17(8-16(20)12-28)34(30,31)26-5/h6-9,13-14,26,28H,10,12H2,1-5H3,(H,27,29). The van der Waals surface area contributed by atoms with Crippen LogP contribution in [0.1, 0.15) is 67.3 Å². The number of carbonyl (C=O) groups is 1. The van der Waals surface area contributed by atoms with Gasteiger partial charge in [0, 0.05) is 0 Å². The van der Waals surface area contributed by atoms with E-state index in [0.29, 0.717) is 11.1 Å². The number of halogens is 1. The number of rotatable bonds is 9. The first-order chi connectivity index (χ1) is 16.2. The largest absolute Gasteiger partial charge is 0.392 e. The van der Waals surface area contributed by atoms with Crippen LogP contribution in [0, 0.1) is 17.1 Å². The first kappa shape index (κ1) is 28.4. The molecule has 0 heterocycles. The summed E-state index contributed by atoms with van der Waals surface area (Å²) in [4.78, 5) is 12.1. The van der Waals surface area contributed by atoms with Crippen LogP contribution in [0.5, 0.6) is 0 Å². The molecule has 0 aromatic heterocycles. The molecule has 0 aliphatic carbocycles. The maximum Gasteiger partial charge on any atom is 0.264 e. The first-order valence-electron chi connectivity index (χ1n) is 10.7. The van der Waals surface area contributed by atoms with Crippen molar-refractivity contribution in [1.29, 1.82) is 5.26 Å². The van der Waals surface area contributed by atoms with Crippen LogP contribution in [0.15, 0.2) is 34.1 Å². The molecule has 1 amide bonds. The molecular weight excluding hydrogens is 497 g/mol. The lowest BCUT2D eigenvalue weighted by atomic mass is 9.85. The quantitative estimate of drug-likeness (QED) is 0.454. The highest BCUT2D eigenvalue weighted by atomic mass is 32.2. The number of aliphatic hydroxyl groups excluding tert-OH is 1. The highest BCUT2D eigenvalue weighted by molar-refractivity contribution is 7.90. The summed E-state index contributed by atoms with van der Waals surface area (Å²) in [6.45, 7) is 6.23. The van der Waals surface area contributed by atoms with Crippen molar-refractivity contribution >= 4 is 26.0 Å². The Labute approximate surface area is 205 Å². The Balaban J connectivity index is 2.50. The van der Waals surface area contributed by atoms with E-state index >= 15 is 0 Å². The SMILES string of the molecule is CNS(=O)(=O)c1ccc(S(=O)(=O)NC(=O)Cc2c(C(C)C)cc(C#N)c(F)c2C(C)C)c(CO)c1. The second-order valence-corrected chi connectivity index (χ2v) is 12.0. The molecule has 2 aromatic carbocycles. The molecule has 0 fully saturated rings. The highest BCUT2D eigenvalue weighted by Gasteiger charge is 2.27. The fraction of sp³-hybridized carbons (Fsp3) is 0.391. The van der Waals surface area contributed by atoms with Gasteiger partial charge in [-0.2, -0.15) is 5.26 Å². The third-order valence-electron chi connectivity index (χ3n) is 5.42. The van der Waals surface area contributed by atoms with Gasteiger partial charge in [0.25, 0.3) is 10.0 Å². The maximum atomic E-state index is 15.0. The molecule has 12 heteroatoms. The van der Waals surface area contributed by atoms with Gasteiger partial charge in [-0.3, -0.25) is 4.79 Å². The van der Waals surface area contributed by atoms with Crippen molar-refractivity contribution in [3.05, 3.63) is 57.9 Å². The molecule has 0 spiro atoms. The van der Waals surface area contributed by atoms with Gasteiger partial charge in [0.1, 0.15) is 11.9 Å². The molecule has 0 aliphatic heterocycles. The molecule has 9 nitrogen and oxygen atoms in total. The van der Waals surface area contributed by atoms with E-state index in [0.717, 1.165) is 18.2 Å². The van der Waals surface area contributed by atoms with E-state index in [9.17, 15) is 36.4 Å². The minimum atomic E-state index is -4.50. The zero-order chi connectivity index (χ0) is 26.7. The molecule has 35 heavy (non-hydrogen) atoms. The maximum absolute atomic E-state index is 15.0. The number of carbonyl (C=O) groups excluding carboxylic acids is 1. The summed E-state index contributed by atoms with van der Waals surface area (Å²) in [5.74, 6) is -2.26. The normalized spacial score (nSPS) is 12.1. The molecule has 0 radical (unpaired) electrons. The number of aliphatic hydroxyl groups is 1. The van der Waals surface area contributed by atoms with Crippen molar-refractivity contribution in [2.24, 2.45) is 0 Å². The number of sulfonamides is 2. The Morgan fingerprint density at radius 2 is 1.71 bits per heavy atom. The predicted octanol–water partition coefficient (Wildman–Crippen LogP) is 2.39. The Kier molecular flexibility index (Phi) is 8.78. The zero-order valence-corrected chi connectivity index (χ0v) is 21.6. The van der Waals surface area contributed by atoms with Crippen LogP contribution in [0.2, 0.25) is 0 Å². The van der Waals surface area contributed by atoms with Crippen molar-refractivity contribution in [3.63, 3.8) is 0 Å². The van der Waals surface area contributed by atoms with Gasteiger partial charge in [-0.15, -0.1) is 0 Å².